The van der Waals surface area contributed by atoms with E-state index in [1.807, 2.05) is 0 Å². The molecule has 0 aromatic carbocycles. The van der Waals surface area contributed by atoms with E-state index in [1.165, 1.54) is 39.2 Å². The second kappa shape index (κ2) is 3.66. The van der Waals surface area contributed by atoms with E-state index in [1.54, 1.807) is 0 Å². The molecule has 0 N–H and O–H groups in total. The SMILES string of the molecule is COC(=O)[C@@H]1O[C@H]1C1CCCCC1. The van der Waals surface area contributed by atoms with Gasteiger partial charge in [0.05, 0.1) is 13.2 Å². The van der Waals surface area contributed by atoms with Gasteiger partial charge in [-0.15, -0.1) is 0 Å². The quantitative estimate of drug-likeness (QED) is 0.482. The van der Waals surface area contributed by atoms with E-state index in [4.69, 9.17) is 4.74 Å². The van der Waals surface area contributed by atoms with Gasteiger partial charge in [0.25, 0.3) is 0 Å². The Labute approximate surface area is 78.4 Å². The molecule has 2 atom stereocenters. The second-order valence-corrected chi connectivity index (χ2v) is 3.94. The maximum Gasteiger partial charge on any atom is 0.337 e. The average Bonchev–Trinajstić information content (AvgIpc) is 2.98. The molecule has 0 radical (unpaired) electrons. The van der Waals surface area contributed by atoms with Gasteiger partial charge in [-0.25, -0.2) is 4.79 Å². The molecule has 0 spiro atoms. The summed E-state index contributed by atoms with van der Waals surface area (Å²) in [5.74, 6) is 0.411. The van der Waals surface area contributed by atoms with Crippen molar-refractivity contribution in [3.63, 3.8) is 0 Å². The summed E-state index contributed by atoms with van der Waals surface area (Å²) >= 11 is 0. The van der Waals surface area contributed by atoms with Gasteiger partial charge < -0.3 is 9.47 Å². The van der Waals surface area contributed by atoms with Gasteiger partial charge in [0.1, 0.15) is 0 Å². The van der Waals surface area contributed by atoms with Gasteiger partial charge in [0.15, 0.2) is 6.10 Å². The van der Waals surface area contributed by atoms with Crippen molar-refractivity contribution in [3.05, 3.63) is 0 Å². The number of rotatable bonds is 2. The van der Waals surface area contributed by atoms with Crippen LogP contribution in [0.4, 0.5) is 0 Å². The Morgan fingerprint density at radius 1 is 1.31 bits per heavy atom. The first-order valence-corrected chi connectivity index (χ1v) is 5.06. The molecule has 0 aromatic rings. The van der Waals surface area contributed by atoms with Gasteiger partial charge in [0.2, 0.25) is 0 Å². The zero-order chi connectivity index (χ0) is 9.26. The summed E-state index contributed by atoms with van der Waals surface area (Å²) in [7, 11) is 1.42. The van der Waals surface area contributed by atoms with Crippen LogP contribution in [0.3, 0.4) is 0 Å². The summed E-state index contributed by atoms with van der Waals surface area (Å²) < 4.78 is 9.97. The second-order valence-electron chi connectivity index (χ2n) is 3.94. The molecule has 0 aromatic heterocycles. The predicted molar refractivity (Wildman–Crippen MR) is 47.3 cm³/mol. The molecule has 2 rings (SSSR count). The van der Waals surface area contributed by atoms with Gasteiger partial charge >= 0.3 is 5.97 Å². The molecule has 1 saturated heterocycles. The lowest BCUT2D eigenvalue weighted by Crippen LogP contribution is -2.19. The van der Waals surface area contributed by atoms with Gasteiger partial charge in [0, 0.05) is 0 Å². The summed E-state index contributed by atoms with van der Waals surface area (Å²) in [5, 5.41) is 0. The number of epoxide rings is 1. The summed E-state index contributed by atoms with van der Waals surface area (Å²) in [6, 6.07) is 0. The highest BCUT2D eigenvalue weighted by atomic mass is 16.6. The number of hydrogen-bond acceptors (Lipinski definition) is 3. The summed E-state index contributed by atoms with van der Waals surface area (Å²) in [4.78, 5) is 11.1. The fourth-order valence-corrected chi connectivity index (χ4v) is 2.25. The number of ether oxygens (including phenoxy) is 2. The fourth-order valence-electron chi connectivity index (χ4n) is 2.25. The number of carbonyl (C=O) groups is 1. The minimum Gasteiger partial charge on any atom is -0.467 e. The molecule has 13 heavy (non-hydrogen) atoms. The molecular formula is C10H16O3. The third-order valence-electron chi connectivity index (χ3n) is 3.07. The Morgan fingerprint density at radius 3 is 2.62 bits per heavy atom. The zero-order valence-corrected chi connectivity index (χ0v) is 7.99. The first-order valence-electron chi connectivity index (χ1n) is 5.06. The van der Waals surface area contributed by atoms with Crippen LogP contribution in [0.15, 0.2) is 0 Å². The Bertz CT molecular complexity index is 196. The molecule has 3 nitrogen and oxygen atoms in total. The topological polar surface area (TPSA) is 38.8 Å². The van der Waals surface area contributed by atoms with Crippen molar-refractivity contribution in [2.24, 2.45) is 5.92 Å². The van der Waals surface area contributed by atoms with E-state index in [-0.39, 0.29) is 18.2 Å². The molecule has 2 fully saturated rings. The Morgan fingerprint density at radius 2 is 2.00 bits per heavy atom. The van der Waals surface area contributed by atoms with Crippen LogP contribution in [0.2, 0.25) is 0 Å². The normalized spacial score (nSPS) is 34.2. The van der Waals surface area contributed by atoms with Crippen LogP contribution in [-0.4, -0.2) is 25.3 Å². The Kier molecular flexibility index (Phi) is 2.54. The van der Waals surface area contributed by atoms with Gasteiger partial charge in [-0.05, 0) is 18.8 Å². The van der Waals surface area contributed by atoms with Crippen molar-refractivity contribution in [1.82, 2.24) is 0 Å². The lowest BCUT2D eigenvalue weighted by atomic mass is 9.86. The number of methoxy groups -OCH3 is 1. The molecular weight excluding hydrogens is 168 g/mol. The van der Waals surface area contributed by atoms with Crippen molar-refractivity contribution >= 4 is 5.97 Å². The first kappa shape index (κ1) is 9.00. The van der Waals surface area contributed by atoms with Crippen LogP contribution in [0.5, 0.6) is 0 Å². The van der Waals surface area contributed by atoms with E-state index in [9.17, 15) is 4.79 Å². The third-order valence-corrected chi connectivity index (χ3v) is 3.07. The summed E-state index contributed by atoms with van der Waals surface area (Å²) in [6.07, 6.45) is 6.29. The maximum atomic E-state index is 11.1. The zero-order valence-electron chi connectivity index (χ0n) is 7.99. The van der Waals surface area contributed by atoms with Crippen molar-refractivity contribution in [3.8, 4) is 0 Å². The van der Waals surface area contributed by atoms with Crippen LogP contribution in [0.25, 0.3) is 0 Å². The highest BCUT2D eigenvalue weighted by Gasteiger charge is 2.50. The van der Waals surface area contributed by atoms with Crippen LogP contribution in [0, 0.1) is 5.92 Å². The number of hydrogen-bond donors (Lipinski definition) is 0. The van der Waals surface area contributed by atoms with E-state index >= 15 is 0 Å². The molecule has 0 amide bonds. The minimum absolute atomic E-state index is 0.174. The van der Waals surface area contributed by atoms with E-state index in [0.29, 0.717) is 5.92 Å². The fraction of sp³-hybridized carbons (Fsp3) is 0.900. The van der Waals surface area contributed by atoms with Crippen molar-refractivity contribution in [1.29, 1.82) is 0 Å². The van der Waals surface area contributed by atoms with Crippen LogP contribution < -0.4 is 0 Å². The monoisotopic (exact) mass is 184 g/mol. The predicted octanol–water partition coefficient (Wildman–Crippen LogP) is 1.51. The molecule has 0 unspecified atom stereocenters. The molecule has 3 heteroatoms. The van der Waals surface area contributed by atoms with Crippen molar-refractivity contribution in [2.45, 2.75) is 44.3 Å². The van der Waals surface area contributed by atoms with Crippen LogP contribution >= 0.6 is 0 Å². The molecule has 1 aliphatic carbocycles. The number of esters is 1. The Hall–Kier alpha value is -0.570. The van der Waals surface area contributed by atoms with Crippen LogP contribution in [-0.2, 0) is 14.3 Å². The van der Waals surface area contributed by atoms with Crippen molar-refractivity contribution in [2.75, 3.05) is 7.11 Å². The van der Waals surface area contributed by atoms with E-state index in [0.717, 1.165) is 0 Å². The molecule has 2 aliphatic rings. The van der Waals surface area contributed by atoms with E-state index in [2.05, 4.69) is 4.74 Å². The Balaban J connectivity index is 1.81. The minimum atomic E-state index is -0.243. The van der Waals surface area contributed by atoms with Crippen LogP contribution in [0.1, 0.15) is 32.1 Å². The van der Waals surface area contributed by atoms with Gasteiger partial charge in [-0.1, -0.05) is 19.3 Å². The smallest absolute Gasteiger partial charge is 0.337 e. The highest BCUT2D eigenvalue weighted by Crippen LogP contribution is 2.38. The molecule has 74 valence electrons. The largest absolute Gasteiger partial charge is 0.467 e. The van der Waals surface area contributed by atoms with Gasteiger partial charge in [-0.2, -0.15) is 0 Å². The van der Waals surface area contributed by atoms with E-state index < -0.39 is 0 Å². The molecule has 1 heterocycles. The molecule has 1 saturated carbocycles. The third kappa shape index (κ3) is 1.85. The van der Waals surface area contributed by atoms with Gasteiger partial charge in [-0.3, -0.25) is 0 Å². The maximum absolute atomic E-state index is 11.1. The average molecular weight is 184 g/mol. The highest BCUT2D eigenvalue weighted by molar-refractivity contribution is 5.77. The lowest BCUT2D eigenvalue weighted by molar-refractivity contribution is -0.142. The number of carbonyl (C=O) groups excluding carboxylic acids is 1. The lowest BCUT2D eigenvalue weighted by Gasteiger charge is -2.19. The standard InChI is InChI=1S/C10H16O3/c1-12-10(11)9-8(13-9)7-5-3-2-4-6-7/h7-9H,2-6H2,1H3/t8-,9+/m0/s1. The first-order chi connectivity index (χ1) is 6.33. The summed E-state index contributed by atoms with van der Waals surface area (Å²) in [5.41, 5.74) is 0. The summed E-state index contributed by atoms with van der Waals surface area (Å²) in [6.45, 7) is 0. The molecule has 0 bridgehead atoms. The molecule has 1 aliphatic heterocycles. The van der Waals surface area contributed by atoms with Crippen molar-refractivity contribution < 1.29 is 14.3 Å².